The highest BCUT2D eigenvalue weighted by atomic mass is 32.2. The summed E-state index contributed by atoms with van der Waals surface area (Å²) in [5.41, 5.74) is 2.25. The number of nitrogens with zero attached hydrogens (tertiary/aromatic N) is 2. The number of sulfonamides is 1. The summed E-state index contributed by atoms with van der Waals surface area (Å²) < 4.78 is 28.8. The van der Waals surface area contributed by atoms with E-state index >= 15 is 0 Å². The van der Waals surface area contributed by atoms with Crippen molar-refractivity contribution in [3.63, 3.8) is 0 Å². The smallest absolute Gasteiger partial charge is 0.281 e. The average molecular weight is 328 g/mol. The molecule has 2 rings (SSSR count). The lowest BCUT2D eigenvalue weighted by molar-refractivity contribution is 0.0945. The van der Waals surface area contributed by atoms with Crippen molar-refractivity contribution in [2.45, 2.75) is 50.0 Å². The van der Waals surface area contributed by atoms with Crippen molar-refractivity contribution in [2.24, 2.45) is 12.9 Å². The molecule has 1 aliphatic carbocycles. The molecule has 0 bridgehead atoms. The Morgan fingerprint density at radius 1 is 1.41 bits per heavy atom. The van der Waals surface area contributed by atoms with E-state index in [1.165, 1.54) is 23.3 Å². The van der Waals surface area contributed by atoms with E-state index in [-0.39, 0.29) is 16.6 Å². The lowest BCUT2D eigenvalue weighted by Gasteiger charge is -2.32. The van der Waals surface area contributed by atoms with Crippen LogP contribution >= 0.6 is 0 Å². The van der Waals surface area contributed by atoms with Crippen molar-refractivity contribution in [2.75, 3.05) is 6.54 Å². The van der Waals surface area contributed by atoms with Gasteiger partial charge in [0.05, 0.1) is 0 Å². The number of nitrogens with two attached hydrogens (primary N) is 1. The Bertz CT molecular complexity index is 633. The first-order chi connectivity index (χ1) is 10.4. The number of amides is 1. The number of rotatable bonds is 5. The average Bonchev–Trinajstić information content (AvgIpc) is 2.91. The van der Waals surface area contributed by atoms with Crippen LogP contribution in [-0.4, -0.2) is 35.8 Å². The van der Waals surface area contributed by atoms with E-state index in [2.05, 4.69) is 0 Å². The number of nitrogen functional groups attached to an aromatic ring is 1. The third-order valence-corrected chi connectivity index (χ3v) is 6.24. The van der Waals surface area contributed by atoms with Gasteiger partial charge in [-0.2, -0.15) is 4.31 Å². The van der Waals surface area contributed by atoms with Crippen molar-refractivity contribution < 1.29 is 13.2 Å². The molecule has 8 heteroatoms. The highest BCUT2D eigenvalue weighted by Gasteiger charge is 2.32. The van der Waals surface area contributed by atoms with Crippen LogP contribution in [0.3, 0.4) is 0 Å². The molecule has 0 spiro atoms. The monoisotopic (exact) mass is 328 g/mol. The van der Waals surface area contributed by atoms with E-state index in [9.17, 15) is 13.2 Å². The third kappa shape index (κ3) is 3.18. The summed E-state index contributed by atoms with van der Waals surface area (Å²) in [6.07, 6.45) is 6.55. The lowest BCUT2D eigenvalue weighted by Crippen LogP contribution is -2.41. The van der Waals surface area contributed by atoms with Gasteiger partial charge in [0.1, 0.15) is 10.6 Å². The zero-order valence-electron chi connectivity index (χ0n) is 13.1. The van der Waals surface area contributed by atoms with Crippen LogP contribution in [0, 0.1) is 0 Å². The van der Waals surface area contributed by atoms with E-state index in [1.807, 2.05) is 12.3 Å². The van der Waals surface area contributed by atoms with Gasteiger partial charge in [-0.05, 0) is 18.9 Å². The van der Waals surface area contributed by atoms with E-state index in [0.717, 1.165) is 25.7 Å². The van der Waals surface area contributed by atoms with Crippen molar-refractivity contribution in [1.29, 1.82) is 0 Å². The number of nitrogens with one attached hydrogen (secondary N) is 1. The molecule has 1 aromatic rings. The molecule has 1 aliphatic rings. The summed E-state index contributed by atoms with van der Waals surface area (Å²) in [6, 6.07) is 1.43. The van der Waals surface area contributed by atoms with Crippen molar-refractivity contribution in [1.82, 2.24) is 14.3 Å². The topological polar surface area (TPSA) is 97.4 Å². The molecule has 7 nitrogen and oxygen atoms in total. The number of carbonyl (C=O) groups excluding carboxylic acids is 1. The lowest BCUT2D eigenvalue weighted by atomic mass is 9.95. The van der Waals surface area contributed by atoms with Gasteiger partial charge in [-0.15, -0.1) is 0 Å². The number of aryl methyl sites for hydroxylation is 1. The van der Waals surface area contributed by atoms with Gasteiger partial charge in [0, 0.05) is 25.8 Å². The normalized spacial score (nSPS) is 16.9. The fourth-order valence-electron chi connectivity index (χ4n) is 3.10. The van der Waals surface area contributed by atoms with Gasteiger partial charge in [-0.1, -0.05) is 26.2 Å². The highest BCUT2D eigenvalue weighted by molar-refractivity contribution is 7.89. The zero-order valence-corrected chi connectivity index (χ0v) is 13.9. The molecule has 1 fully saturated rings. The molecular weight excluding hydrogens is 304 g/mol. The first kappa shape index (κ1) is 17.0. The first-order valence-electron chi connectivity index (χ1n) is 7.61. The van der Waals surface area contributed by atoms with Crippen LogP contribution in [0.15, 0.2) is 17.2 Å². The Morgan fingerprint density at radius 2 is 2.05 bits per heavy atom. The molecule has 1 saturated carbocycles. The largest absolute Gasteiger partial charge is 0.345 e. The van der Waals surface area contributed by atoms with E-state index in [4.69, 9.17) is 5.84 Å². The van der Waals surface area contributed by atoms with Crippen LogP contribution in [0.1, 0.15) is 49.5 Å². The van der Waals surface area contributed by atoms with Gasteiger partial charge in [0.15, 0.2) is 0 Å². The fraction of sp³-hybridized carbons (Fsp3) is 0.643. The molecule has 124 valence electrons. The summed E-state index contributed by atoms with van der Waals surface area (Å²) in [5.74, 6) is 4.61. The molecule has 0 aromatic carbocycles. The standard InChI is InChI=1S/C14H24N4O3S/c1-3-18(11-7-5-4-6-8-11)22(20,21)12-9-13(14(19)16-15)17(2)10-12/h9-11H,3-8,15H2,1-2H3,(H,16,19). The van der Waals surface area contributed by atoms with E-state index in [0.29, 0.717) is 6.54 Å². The molecule has 22 heavy (non-hydrogen) atoms. The van der Waals surface area contributed by atoms with Crippen molar-refractivity contribution in [3.8, 4) is 0 Å². The van der Waals surface area contributed by atoms with E-state index < -0.39 is 15.9 Å². The van der Waals surface area contributed by atoms with Gasteiger partial charge >= 0.3 is 0 Å². The maximum absolute atomic E-state index is 12.9. The Kier molecular flexibility index (Phi) is 5.25. The molecule has 1 aromatic heterocycles. The van der Waals surface area contributed by atoms with E-state index in [1.54, 1.807) is 11.4 Å². The Morgan fingerprint density at radius 3 is 2.59 bits per heavy atom. The molecular formula is C14H24N4O3S. The summed E-state index contributed by atoms with van der Waals surface area (Å²) in [6.45, 7) is 2.28. The summed E-state index contributed by atoms with van der Waals surface area (Å²) in [5, 5.41) is 0. The minimum atomic E-state index is -3.60. The van der Waals surface area contributed by atoms with Gasteiger partial charge in [0.25, 0.3) is 5.91 Å². The molecule has 1 heterocycles. The number of carbonyl (C=O) groups is 1. The second kappa shape index (κ2) is 6.80. The maximum atomic E-state index is 12.9. The zero-order chi connectivity index (χ0) is 16.3. The first-order valence-corrected chi connectivity index (χ1v) is 9.05. The Labute approximate surface area is 131 Å². The predicted octanol–water partition coefficient (Wildman–Crippen LogP) is 0.972. The summed E-state index contributed by atoms with van der Waals surface area (Å²) >= 11 is 0. The highest BCUT2D eigenvalue weighted by Crippen LogP contribution is 2.28. The minimum Gasteiger partial charge on any atom is -0.345 e. The fourth-order valence-corrected chi connectivity index (χ4v) is 4.87. The summed E-state index contributed by atoms with van der Waals surface area (Å²) in [7, 11) is -1.98. The Balaban J connectivity index is 2.33. The number of hydrogen-bond acceptors (Lipinski definition) is 4. The Hall–Kier alpha value is -1.38. The SMILES string of the molecule is CCN(C1CCCCC1)S(=O)(=O)c1cc(C(=O)NN)n(C)c1. The molecule has 1 amide bonds. The van der Waals surface area contributed by atoms with Crippen LogP contribution in [0.4, 0.5) is 0 Å². The number of aromatic nitrogens is 1. The van der Waals surface area contributed by atoms with Crippen LogP contribution in [0.5, 0.6) is 0 Å². The number of hydrazine groups is 1. The van der Waals surface area contributed by atoms with Crippen LogP contribution in [0.25, 0.3) is 0 Å². The van der Waals surface area contributed by atoms with Crippen molar-refractivity contribution in [3.05, 3.63) is 18.0 Å². The van der Waals surface area contributed by atoms with Crippen LogP contribution in [0.2, 0.25) is 0 Å². The third-order valence-electron chi connectivity index (χ3n) is 4.24. The van der Waals surface area contributed by atoms with Gasteiger partial charge in [0.2, 0.25) is 10.0 Å². The molecule has 0 aliphatic heterocycles. The quantitative estimate of drug-likeness (QED) is 0.478. The van der Waals surface area contributed by atoms with Crippen molar-refractivity contribution >= 4 is 15.9 Å². The van der Waals surface area contributed by atoms with Gasteiger partial charge in [-0.25, -0.2) is 14.3 Å². The second-order valence-corrected chi connectivity index (χ2v) is 7.54. The molecule has 0 unspecified atom stereocenters. The summed E-state index contributed by atoms with van der Waals surface area (Å²) in [4.78, 5) is 11.8. The predicted molar refractivity (Wildman–Crippen MR) is 83.5 cm³/mol. The second-order valence-electron chi connectivity index (χ2n) is 5.65. The molecule has 3 N–H and O–H groups in total. The minimum absolute atomic E-state index is 0.0516. The number of hydrogen-bond donors (Lipinski definition) is 2. The molecule has 0 atom stereocenters. The molecule has 0 saturated heterocycles. The van der Waals surface area contributed by atoms with Crippen LogP contribution < -0.4 is 11.3 Å². The van der Waals surface area contributed by atoms with Crippen LogP contribution in [-0.2, 0) is 17.1 Å². The van der Waals surface area contributed by atoms with Gasteiger partial charge < -0.3 is 4.57 Å². The molecule has 0 radical (unpaired) electrons. The van der Waals surface area contributed by atoms with Gasteiger partial charge in [-0.3, -0.25) is 10.2 Å². The maximum Gasteiger partial charge on any atom is 0.281 e.